The summed E-state index contributed by atoms with van der Waals surface area (Å²) in [6, 6.07) is 19.3. The second-order valence-corrected chi connectivity index (χ2v) is 6.61. The second kappa shape index (κ2) is 16.3. The largest absolute Gasteiger partial charge is 0.324 e. The van der Waals surface area contributed by atoms with Crippen LogP contribution in [0.4, 0.5) is 23.3 Å². The van der Waals surface area contributed by atoms with Crippen LogP contribution in [0.25, 0.3) is 0 Å². The molecule has 8 nitrogen and oxygen atoms in total. The fourth-order valence-corrected chi connectivity index (χ4v) is 2.72. The third-order valence-electron chi connectivity index (χ3n) is 3.50. The molecule has 0 radical (unpaired) electrons. The number of halogens is 2. The number of rotatable bonds is 4. The van der Waals surface area contributed by atoms with Crippen LogP contribution in [-0.4, -0.2) is 29.9 Å². The molecule has 0 aliphatic heterocycles. The molecule has 10 heteroatoms. The Labute approximate surface area is 211 Å². The van der Waals surface area contributed by atoms with Crippen molar-refractivity contribution in [3.05, 3.63) is 82.9 Å². The first-order valence-electron chi connectivity index (χ1n) is 10.9. The lowest BCUT2D eigenvalue weighted by Crippen LogP contribution is -2.00. The average molecular weight is 501 g/mol. The number of nitrogens with one attached hydrogen (secondary N) is 2. The molecule has 0 aliphatic rings. The van der Waals surface area contributed by atoms with E-state index in [1.165, 1.54) is 0 Å². The predicted octanol–water partition coefficient (Wildman–Crippen LogP) is 7.21. The predicted molar refractivity (Wildman–Crippen MR) is 141 cm³/mol. The van der Waals surface area contributed by atoms with Crippen LogP contribution in [-0.2, 0) is 0 Å². The molecule has 2 heterocycles. The first-order chi connectivity index (χ1) is 16.5. The van der Waals surface area contributed by atoms with Gasteiger partial charge >= 0.3 is 0 Å². The fraction of sp³-hybridized carbons (Fsp3) is 0.250. The standard InChI is InChI=1S/2C10H9ClN4.2C2H6/c2*1-7-12-9(11)15-10(13-7)14-8-5-3-2-4-6-8;2*1-2/h2*2-6H,1H3,(H,12,13,14,15);2*1-2H3. The molecule has 0 spiro atoms. The van der Waals surface area contributed by atoms with Crippen LogP contribution >= 0.6 is 23.2 Å². The molecular formula is C24H30Cl2N8. The van der Waals surface area contributed by atoms with Gasteiger partial charge in [0.1, 0.15) is 11.6 Å². The SMILES string of the molecule is CC.CC.Cc1nc(Cl)nc(Nc2ccccc2)n1.Cc1nc(Cl)nc(Nc2ccccc2)n1. The van der Waals surface area contributed by atoms with Crippen molar-refractivity contribution in [3.63, 3.8) is 0 Å². The summed E-state index contributed by atoms with van der Waals surface area (Å²) in [5.41, 5.74) is 1.83. The molecule has 0 aliphatic carbocycles. The number of aryl methyl sites for hydroxylation is 2. The zero-order valence-electron chi connectivity index (χ0n) is 20.2. The number of aromatic nitrogens is 6. The van der Waals surface area contributed by atoms with E-state index in [-0.39, 0.29) is 10.6 Å². The maximum absolute atomic E-state index is 5.71. The molecule has 180 valence electrons. The van der Waals surface area contributed by atoms with Crippen molar-refractivity contribution in [2.75, 3.05) is 10.6 Å². The summed E-state index contributed by atoms with van der Waals surface area (Å²) < 4.78 is 0. The maximum Gasteiger partial charge on any atom is 0.231 e. The molecule has 34 heavy (non-hydrogen) atoms. The third-order valence-corrected chi connectivity index (χ3v) is 3.84. The van der Waals surface area contributed by atoms with E-state index in [2.05, 4.69) is 40.5 Å². The zero-order chi connectivity index (χ0) is 25.3. The van der Waals surface area contributed by atoms with Gasteiger partial charge < -0.3 is 10.6 Å². The molecule has 0 saturated carbocycles. The van der Waals surface area contributed by atoms with Gasteiger partial charge in [-0.15, -0.1) is 0 Å². The van der Waals surface area contributed by atoms with Crippen LogP contribution in [0.1, 0.15) is 39.3 Å². The Balaban J connectivity index is 0.000000297. The molecular weight excluding hydrogens is 471 g/mol. The van der Waals surface area contributed by atoms with E-state index >= 15 is 0 Å². The zero-order valence-corrected chi connectivity index (χ0v) is 21.7. The van der Waals surface area contributed by atoms with Crippen LogP contribution in [0, 0.1) is 13.8 Å². The molecule has 0 saturated heterocycles. The van der Waals surface area contributed by atoms with E-state index in [4.69, 9.17) is 23.2 Å². The lowest BCUT2D eigenvalue weighted by atomic mass is 10.3. The molecule has 0 bridgehead atoms. The van der Waals surface area contributed by atoms with Crippen LogP contribution in [0.2, 0.25) is 10.6 Å². The van der Waals surface area contributed by atoms with Gasteiger partial charge in [0, 0.05) is 11.4 Å². The maximum atomic E-state index is 5.71. The minimum absolute atomic E-state index is 0.195. The van der Waals surface area contributed by atoms with E-state index in [0.717, 1.165) is 11.4 Å². The normalized spacial score (nSPS) is 9.18. The Hall–Kier alpha value is -3.36. The minimum atomic E-state index is 0.195. The Morgan fingerprint density at radius 2 is 0.824 bits per heavy atom. The monoisotopic (exact) mass is 500 g/mol. The molecule has 0 fully saturated rings. The smallest absolute Gasteiger partial charge is 0.231 e. The van der Waals surface area contributed by atoms with Crippen molar-refractivity contribution >= 4 is 46.5 Å². The van der Waals surface area contributed by atoms with Crippen molar-refractivity contribution in [1.29, 1.82) is 0 Å². The third kappa shape index (κ3) is 11.0. The van der Waals surface area contributed by atoms with Crippen LogP contribution in [0.15, 0.2) is 60.7 Å². The highest BCUT2D eigenvalue weighted by Gasteiger charge is 2.02. The van der Waals surface area contributed by atoms with E-state index in [1.807, 2.05) is 88.4 Å². The highest BCUT2D eigenvalue weighted by atomic mass is 35.5. The Morgan fingerprint density at radius 3 is 1.12 bits per heavy atom. The molecule has 0 atom stereocenters. The van der Waals surface area contributed by atoms with Crippen LogP contribution in [0.5, 0.6) is 0 Å². The summed E-state index contributed by atoms with van der Waals surface area (Å²) in [7, 11) is 0. The molecule has 2 aromatic heterocycles. The highest BCUT2D eigenvalue weighted by Crippen LogP contribution is 2.14. The van der Waals surface area contributed by atoms with Crippen LogP contribution < -0.4 is 10.6 Å². The van der Waals surface area contributed by atoms with Gasteiger partial charge in [0.15, 0.2) is 0 Å². The lowest BCUT2D eigenvalue weighted by Gasteiger charge is -2.04. The highest BCUT2D eigenvalue weighted by molar-refractivity contribution is 6.28. The summed E-state index contributed by atoms with van der Waals surface area (Å²) in [5.74, 6) is 2.10. The molecule has 2 aromatic carbocycles. The number of hydrogen-bond donors (Lipinski definition) is 2. The van der Waals surface area contributed by atoms with Crippen molar-refractivity contribution < 1.29 is 0 Å². The molecule has 0 amide bonds. The molecule has 0 unspecified atom stereocenters. The van der Waals surface area contributed by atoms with Gasteiger partial charge in [-0.05, 0) is 61.3 Å². The lowest BCUT2D eigenvalue weighted by molar-refractivity contribution is 0.982. The van der Waals surface area contributed by atoms with Crippen molar-refractivity contribution in [1.82, 2.24) is 29.9 Å². The average Bonchev–Trinajstić information content (AvgIpc) is 2.82. The quantitative estimate of drug-likeness (QED) is 0.303. The fourth-order valence-electron chi connectivity index (χ4n) is 2.31. The summed E-state index contributed by atoms with van der Waals surface area (Å²) in [6.07, 6.45) is 0. The van der Waals surface area contributed by atoms with Gasteiger partial charge in [-0.25, -0.2) is 9.97 Å². The minimum Gasteiger partial charge on any atom is -0.324 e. The first-order valence-corrected chi connectivity index (χ1v) is 11.6. The van der Waals surface area contributed by atoms with E-state index in [1.54, 1.807) is 13.8 Å². The number of nitrogens with zero attached hydrogens (tertiary/aromatic N) is 6. The van der Waals surface area contributed by atoms with E-state index in [0.29, 0.717) is 23.5 Å². The van der Waals surface area contributed by atoms with Gasteiger partial charge in [-0.3, -0.25) is 0 Å². The molecule has 4 aromatic rings. The first kappa shape index (κ1) is 28.7. The number of anilines is 4. The number of benzene rings is 2. The summed E-state index contributed by atoms with van der Waals surface area (Å²) in [6.45, 7) is 11.5. The number of para-hydroxylation sites is 2. The van der Waals surface area contributed by atoms with Gasteiger partial charge in [0.05, 0.1) is 0 Å². The summed E-state index contributed by atoms with van der Waals surface area (Å²) in [5, 5.41) is 6.47. The Morgan fingerprint density at radius 1 is 0.500 bits per heavy atom. The number of hydrogen-bond acceptors (Lipinski definition) is 8. The van der Waals surface area contributed by atoms with Gasteiger partial charge in [0.25, 0.3) is 0 Å². The van der Waals surface area contributed by atoms with Crippen LogP contribution in [0.3, 0.4) is 0 Å². The van der Waals surface area contributed by atoms with Gasteiger partial charge in [-0.1, -0.05) is 64.1 Å². The van der Waals surface area contributed by atoms with E-state index in [9.17, 15) is 0 Å². The second-order valence-electron chi connectivity index (χ2n) is 5.93. The van der Waals surface area contributed by atoms with Gasteiger partial charge in [0.2, 0.25) is 22.5 Å². The Bertz CT molecular complexity index is 967. The van der Waals surface area contributed by atoms with E-state index < -0.39 is 0 Å². The summed E-state index contributed by atoms with van der Waals surface area (Å²) in [4.78, 5) is 23.9. The topological polar surface area (TPSA) is 101 Å². The molecule has 4 rings (SSSR count). The molecule has 2 N–H and O–H groups in total. The van der Waals surface area contributed by atoms with Crippen molar-refractivity contribution in [2.24, 2.45) is 0 Å². The van der Waals surface area contributed by atoms with Crippen molar-refractivity contribution in [2.45, 2.75) is 41.5 Å². The van der Waals surface area contributed by atoms with Gasteiger partial charge in [-0.2, -0.15) is 19.9 Å². The van der Waals surface area contributed by atoms with Crippen molar-refractivity contribution in [3.8, 4) is 0 Å². The Kier molecular flexibility index (Phi) is 13.7. The summed E-state index contributed by atoms with van der Waals surface area (Å²) >= 11 is 11.4.